The summed E-state index contributed by atoms with van der Waals surface area (Å²) in [5.74, 6) is -0.104. The Bertz CT molecular complexity index is 1330. The third-order valence-electron chi connectivity index (χ3n) is 5.52. The Morgan fingerprint density at radius 1 is 1.00 bits per heavy atom. The van der Waals surface area contributed by atoms with E-state index in [2.05, 4.69) is 9.98 Å². The highest BCUT2D eigenvalue weighted by atomic mass is 32.2. The molecule has 3 heterocycles. The van der Waals surface area contributed by atoms with E-state index in [4.69, 9.17) is 0 Å². The molecule has 1 atom stereocenters. The number of aliphatic hydroxyl groups is 1. The average Bonchev–Trinajstić information content (AvgIpc) is 3.28. The van der Waals surface area contributed by atoms with Crippen molar-refractivity contribution in [2.45, 2.75) is 37.6 Å². The summed E-state index contributed by atoms with van der Waals surface area (Å²) in [7, 11) is -3.89. The summed E-state index contributed by atoms with van der Waals surface area (Å²) in [6.07, 6.45) is -3.50. The Labute approximate surface area is 188 Å². The van der Waals surface area contributed by atoms with E-state index in [0.717, 1.165) is 0 Å². The molecule has 0 bridgehead atoms. The molecule has 0 spiro atoms. The summed E-state index contributed by atoms with van der Waals surface area (Å²) in [4.78, 5) is 8.92. The van der Waals surface area contributed by atoms with Gasteiger partial charge in [-0.3, -0.25) is 4.98 Å². The van der Waals surface area contributed by atoms with Gasteiger partial charge in [-0.25, -0.2) is 17.4 Å². The number of aromatic nitrogens is 2. The van der Waals surface area contributed by atoms with Crippen LogP contribution in [0.5, 0.6) is 0 Å². The van der Waals surface area contributed by atoms with Crippen molar-refractivity contribution < 1.29 is 26.7 Å². The van der Waals surface area contributed by atoms with E-state index in [1.54, 1.807) is 45.0 Å². The number of β-amino-alcohol motifs (C(OH)–C–C–N with tert-alkyl or cyclic N) is 1. The minimum Gasteiger partial charge on any atom is -0.361 e. The SMILES string of the molecule is Cc1ncccc1C1=NC(O)(C(F)(F)F)CN1c1ccc(S(=O)(=O)n2c(C)ccc2C)cc1. The van der Waals surface area contributed by atoms with Gasteiger partial charge in [-0.2, -0.15) is 13.2 Å². The maximum absolute atomic E-state index is 13.6. The highest BCUT2D eigenvalue weighted by Crippen LogP contribution is 2.39. The van der Waals surface area contributed by atoms with Crippen LogP contribution in [-0.2, 0) is 10.0 Å². The van der Waals surface area contributed by atoms with Gasteiger partial charge in [0.25, 0.3) is 15.7 Å². The molecule has 174 valence electrons. The molecular weight excluding hydrogens is 457 g/mol. The summed E-state index contributed by atoms with van der Waals surface area (Å²) in [6, 6.07) is 11.9. The monoisotopic (exact) mass is 478 g/mol. The molecule has 0 saturated carbocycles. The summed E-state index contributed by atoms with van der Waals surface area (Å²) in [5, 5.41) is 10.3. The molecule has 0 amide bonds. The number of hydrogen-bond acceptors (Lipinski definition) is 6. The Kier molecular flexibility index (Phi) is 5.37. The molecule has 1 aliphatic heterocycles. The fraction of sp³-hybridized carbons (Fsp3) is 0.273. The van der Waals surface area contributed by atoms with Crippen LogP contribution in [0.25, 0.3) is 0 Å². The Morgan fingerprint density at radius 2 is 1.61 bits per heavy atom. The maximum atomic E-state index is 13.6. The van der Waals surface area contributed by atoms with Crippen LogP contribution in [0.3, 0.4) is 0 Å². The van der Waals surface area contributed by atoms with Gasteiger partial charge < -0.3 is 10.0 Å². The van der Waals surface area contributed by atoms with Gasteiger partial charge in [-0.05, 0) is 69.3 Å². The molecule has 4 rings (SSSR count). The lowest BCUT2D eigenvalue weighted by atomic mass is 10.1. The van der Waals surface area contributed by atoms with Gasteiger partial charge in [0.05, 0.1) is 11.4 Å². The van der Waals surface area contributed by atoms with Crippen LogP contribution in [0.15, 0.2) is 64.6 Å². The van der Waals surface area contributed by atoms with E-state index >= 15 is 0 Å². The normalized spacial score (nSPS) is 19.1. The fourth-order valence-electron chi connectivity index (χ4n) is 3.80. The lowest BCUT2D eigenvalue weighted by Crippen LogP contribution is -2.47. The van der Waals surface area contributed by atoms with Crippen LogP contribution in [0, 0.1) is 20.8 Å². The van der Waals surface area contributed by atoms with E-state index in [0.29, 0.717) is 22.6 Å². The number of amidine groups is 1. The molecule has 0 radical (unpaired) electrons. The highest BCUT2D eigenvalue weighted by molar-refractivity contribution is 7.90. The van der Waals surface area contributed by atoms with Crippen molar-refractivity contribution in [3.63, 3.8) is 0 Å². The minimum absolute atomic E-state index is 0.0185. The lowest BCUT2D eigenvalue weighted by molar-refractivity contribution is -0.249. The summed E-state index contributed by atoms with van der Waals surface area (Å²) < 4.78 is 68.1. The van der Waals surface area contributed by atoms with Gasteiger partial charge in [0.15, 0.2) is 0 Å². The zero-order valence-corrected chi connectivity index (χ0v) is 18.8. The van der Waals surface area contributed by atoms with Crippen molar-refractivity contribution in [3.8, 4) is 0 Å². The number of benzene rings is 1. The number of aliphatic imine (C=N–C) groups is 1. The molecule has 1 unspecified atom stereocenters. The standard InChI is InChI=1S/C22H21F3N4O3S/c1-14-6-7-15(2)29(14)33(31,32)18-10-8-17(9-11-18)28-13-21(30,22(23,24)25)27-20(28)19-5-4-12-26-16(19)3/h4-12,30H,13H2,1-3H3. The third-order valence-corrected chi connectivity index (χ3v) is 7.44. The largest absolute Gasteiger partial charge is 0.440 e. The first-order valence-corrected chi connectivity index (χ1v) is 11.4. The van der Waals surface area contributed by atoms with Gasteiger partial charge in [0.1, 0.15) is 5.84 Å². The van der Waals surface area contributed by atoms with Gasteiger partial charge in [0.2, 0.25) is 0 Å². The summed E-state index contributed by atoms with van der Waals surface area (Å²) in [6.45, 7) is 4.08. The second-order valence-corrected chi connectivity index (χ2v) is 9.64. The molecule has 1 aromatic carbocycles. The van der Waals surface area contributed by atoms with Crippen LogP contribution >= 0.6 is 0 Å². The molecule has 0 fully saturated rings. The van der Waals surface area contributed by atoms with Crippen LogP contribution in [0.2, 0.25) is 0 Å². The van der Waals surface area contributed by atoms with Gasteiger partial charge in [0, 0.05) is 34.5 Å². The number of rotatable bonds is 4. The Morgan fingerprint density at radius 3 is 2.15 bits per heavy atom. The number of pyridine rings is 1. The smallest absolute Gasteiger partial charge is 0.361 e. The zero-order valence-electron chi connectivity index (χ0n) is 18.0. The first-order valence-electron chi connectivity index (χ1n) is 9.94. The van der Waals surface area contributed by atoms with E-state index < -0.39 is 28.5 Å². The number of alkyl halides is 3. The molecule has 2 aromatic heterocycles. The van der Waals surface area contributed by atoms with E-state index in [1.165, 1.54) is 39.3 Å². The minimum atomic E-state index is -5.00. The second kappa shape index (κ2) is 7.70. The van der Waals surface area contributed by atoms with Gasteiger partial charge >= 0.3 is 6.18 Å². The van der Waals surface area contributed by atoms with Crippen molar-refractivity contribution in [2.24, 2.45) is 4.99 Å². The van der Waals surface area contributed by atoms with E-state index in [1.807, 2.05) is 0 Å². The Balaban J connectivity index is 1.77. The zero-order chi connectivity index (χ0) is 24.2. The van der Waals surface area contributed by atoms with Crippen molar-refractivity contribution in [2.75, 3.05) is 11.4 Å². The predicted octanol–water partition coefficient (Wildman–Crippen LogP) is 3.56. The summed E-state index contributed by atoms with van der Waals surface area (Å²) >= 11 is 0. The van der Waals surface area contributed by atoms with Crippen LogP contribution < -0.4 is 4.90 Å². The van der Waals surface area contributed by atoms with Crippen molar-refractivity contribution in [3.05, 3.63) is 77.4 Å². The molecule has 0 saturated heterocycles. The first-order chi connectivity index (χ1) is 15.3. The second-order valence-electron chi connectivity index (χ2n) is 7.85. The number of hydrogen-bond donors (Lipinski definition) is 1. The third kappa shape index (κ3) is 3.80. The number of nitrogens with zero attached hydrogens (tertiary/aromatic N) is 4. The molecule has 33 heavy (non-hydrogen) atoms. The number of halogens is 3. The molecule has 1 aliphatic rings. The average molecular weight is 478 g/mol. The molecule has 3 aromatic rings. The quantitative estimate of drug-likeness (QED) is 0.620. The van der Waals surface area contributed by atoms with Gasteiger partial charge in [-0.15, -0.1) is 0 Å². The number of anilines is 1. The molecular formula is C22H21F3N4O3S. The van der Waals surface area contributed by atoms with E-state index in [9.17, 15) is 26.7 Å². The van der Waals surface area contributed by atoms with Gasteiger partial charge in [-0.1, -0.05) is 0 Å². The topological polar surface area (TPSA) is 87.8 Å². The Hall–Kier alpha value is -3.18. The van der Waals surface area contributed by atoms with Crippen LogP contribution in [-0.4, -0.2) is 46.8 Å². The molecule has 0 aliphatic carbocycles. The highest BCUT2D eigenvalue weighted by Gasteiger charge is 2.59. The summed E-state index contributed by atoms with van der Waals surface area (Å²) in [5.41, 5.74) is -1.23. The lowest BCUT2D eigenvalue weighted by Gasteiger charge is -2.26. The number of aryl methyl sites for hydroxylation is 3. The molecule has 1 N–H and O–H groups in total. The maximum Gasteiger partial charge on any atom is 0.440 e. The van der Waals surface area contributed by atoms with Crippen LogP contribution in [0.4, 0.5) is 18.9 Å². The van der Waals surface area contributed by atoms with Crippen LogP contribution in [0.1, 0.15) is 22.6 Å². The molecule has 7 nitrogen and oxygen atoms in total. The predicted molar refractivity (Wildman–Crippen MR) is 117 cm³/mol. The van der Waals surface area contributed by atoms with Crippen molar-refractivity contribution in [1.29, 1.82) is 0 Å². The van der Waals surface area contributed by atoms with Crippen molar-refractivity contribution >= 4 is 21.5 Å². The van der Waals surface area contributed by atoms with Crippen molar-refractivity contribution in [1.82, 2.24) is 8.96 Å². The fourth-order valence-corrected chi connectivity index (χ4v) is 5.37. The van der Waals surface area contributed by atoms with E-state index in [-0.39, 0.29) is 16.4 Å². The molecule has 11 heteroatoms. The first kappa shape index (κ1) is 23.0.